The molecule has 2 aliphatic rings. The van der Waals surface area contributed by atoms with Gasteiger partial charge in [-0.3, -0.25) is 9.48 Å². The van der Waals surface area contributed by atoms with Crippen LogP contribution in [0.15, 0.2) is 30.3 Å². The van der Waals surface area contributed by atoms with Gasteiger partial charge in [-0.15, -0.1) is 0 Å². The lowest BCUT2D eigenvalue weighted by Gasteiger charge is -2.08. The first-order valence-electron chi connectivity index (χ1n) is 9.93. The summed E-state index contributed by atoms with van der Waals surface area (Å²) in [5.41, 5.74) is 3.46. The third-order valence-electron chi connectivity index (χ3n) is 5.28. The smallest absolute Gasteiger partial charge is 0.244 e. The maximum atomic E-state index is 12.2. The lowest BCUT2D eigenvalue weighted by atomic mass is 10.2. The minimum Gasteiger partial charge on any atom is -0.493 e. The number of ether oxygens (including phenoxy) is 2. The Morgan fingerprint density at radius 3 is 2.57 bits per heavy atom. The molecule has 0 unspecified atom stereocenters. The molecule has 0 bridgehead atoms. The zero-order chi connectivity index (χ0) is 19.5. The van der Waals surface area contributed by atoms with Gasteiger partial charge in [0.05, 0.1) is 26.5 Å². The van der Waals surface area contributed by atoms with Crippen LogP contribution in [0.2, 0.25) is 0 Å². The molecule has 1 aromatic heterocycles. The molecule has 0 saturated heterocycles. The summed E-state index contributed by atoms with van der Waals surface area (Å²) in [6.07, 6.45) is 8.36. The molecule has 6 heteroatoms. The van der Waals surface area contributed by atoms with Crippen molar-refractivity contribution in [2.45, 2.75) is 44.1 Å². The Balaban J connectivity index is 1.31. The van der Waals surface area contributed by atoms with Crippen LogP contribution in [0.1, 0.15) is 54.5 Å². The lowest BCUT2D eigenvalue weighted by Crippen LogP contribution is -2.26. The standard InChI is InChI=1S/C22H27N3O3/c1-27-20-9-3-15(13-21(20)28-2)4-10-22(26)23-11-12-25-19(17-7-8-17)14-18(24-25)16-5-6-16/h3-4,9-10,13-14,16-17H,5-8,11-12H2,1-2H3,(H,23,26)/b10-4+. The fraction of sp³-hybridized carbons (Fsp3) is 0.455. The van der Waals surface area contributed by atoms with Gasteiger partial charge in [0.2, 0.25) is 5.91 Å². The van der Waals surface area contributed by atoms with Gasteiger partial charge in [0, 0.05) is 30.2 Å². The molecule has 2 fully saturated rings. The minimum absolute atomic E-state index is 0.114. The van der Waals surface area contributed by atoms with Crippen molar-refractivity contribution in [2.24, 2.45) is 0 Å². The summed E-state index contributed by atoms with van der Waals surface area (Å²) >= 11 is 0. The summed E-state index contributed by atoms with van der Waals surface area (Å²) in [5, 5.41) is 7.73. The van der Waals surface area contributed by atoms with Crippen molar-refractivity contribution in [3.8, 4) is 11.5 Å². The van der Waals surface area contributed by atoms with Gasteiger partial charge < -0.3 is 14.8 Å². The van der Waals surface area contributed by atoms with Crippen LogP contribution < -0.4 is 14.8 Å². The molecular weight excluding hydrogens is 354 g/mol. The molecule has 2 aromatic rings. The number of nitrogens with zero attached hydrogens (tertiary/aromatic N) is 2. The average molecular weight is 381 g/mol. The van der Waals surface area contributed by atoms with E-state index in [4.69, 9.17) is 14.6 Å². The van der Waals surface area contributed by atoms with E-state index in [2.05, 4.69) is 16.1 Å². The quantitative estimate of drug-likeness (QED) is 0.676. The van der Waals surface area contributed by atoms with Gasteiger partial charge >= 0.3 is 0 Å². The maximum absolute atomic E-state index is 12.2. The van der Waals surface area contributed by atoms with Crippen molar-refractivity contribution in [1.82, 2.24) is 15.1 Å². The summed E-state index contributed by atoms with van der Waals surface area (Å²) < 4.78 is 12.6. The van der Waals surface area contributed by atoms with Crippen molar-refractivity contribution >= 4 is 12.0 Å². The van der Waals surface area contributed by atoms with Crippen LogP contribution in [0, 0.1) is 0 Å². The highest BCUT2D eigenvalue weighted by atomic mass is 16.5. The second kappa shape index (κ2) is 8.09. The molecule has 148 valence electrons. The predicted molar refractivity (Wildman–Crippen MR) is 108 cm³/mol. The second-order valence-corrected chi connectivity index (χ2v) is 7.50. The molecule has 28 heavy (non-hydrogen) atoms. The molecule has 0 spiro atoms. The first-order chi connectivity index (χ1) is 13.7. The van der Waals surface area contributed by atoms with E-state index < -0.39 is 0 Å². The van der Waals surface area contributed by atoms with E-state index in [1.54, 1.807) is 26.4 Å². The number of nitrogens with one attached hydrogen (secondary N) is 1. The van der Waals surface area contributed by atoms with Gasteiger partial charge in [-0.2, -0.15) is 5.10 Å². The fourth-order valence-electron chi connectivity index (χ4n) is 3.39. The van der Waals surface area contributed by atoms with Gasteiger partial charge in [-0.1, -0.05) is 6.07 Å². The molecule has 0 radical (unpaired) electrons. The van der Waals surface area contributed by atoms with Crippen LogP contribution in [-0.2, 0) is 11.3 Å². The van der Waals surface area contributed by atoms with E-state index in [1.165, 1.54) is 37.1 Å². The highest BCUT2D eigenvalue weighted by Crippen LogP contribution is 2.44. The molecule has 2 aliphatic carbocycles. The largest absolute Gasteiger partial charge is 0.493 e. The van der Waals surface area contributed by atoms with Gasteiger partial charge in [0.15, 0.2) is 11.5 Å². The van der Waals surface area contributed by atoms with Gasteiger partial charge in [-0.25, -0.2) is 0 Å². The summed E-state index contributed by atoms with van der Waals surface area (Å²) in [7, 11) is 3.19. The molecule has 2 saturated carbocycles. The molecule has 1 aromatic carbocycles. The number of carbonyl (C=O) groups is 1. The highest BCUT2D eigenvalue weighted by Gasteiger charge is 2.32. The fourth-order valence-corrected chi connectivity index (χ4v) is 3.39. The molecule has 4 rings (SSSR count). The molecule has 1 amide bonds. The summed E-state index contributed by atoms with van der Waals surface area (Å²) in [6, 6.07) is 7.84. The second-order valence-electron chi connectivity index (χ2n) is 7.50. The third kappa shape index (κ3) is 4.38. The maximum Gasteiger partial charge on any atom is 0.244 e. The number of benzene rings is 1. The number of hydrogen-bond donors (Lipinski definition) is 1. The molecule has 6 nitrogen and oxygen atoms in total. The van der Waals surface area contributed by atoms with Crippen LogP contribution in [-0.4, -0.2) is 36.5 Å². The Labute approximate surface area is 165 Å². The summed E-state index contributed by atoms with van der Waals surface area (Å²) in [5.74, 6) is 2.53. The van der Waals surface area contributed by atoms with E-state index in [1.807, 2.05) is 18.2 Å². The summed E-state index contributed by atoms with van der Waals surface area (Å²) in [4.78, 5) is 12.2. The van der Waals surface area contributed by atoms with Gasteiger partial charge in [-0.05, 0) is 55.5 Å². The van der Waals surface area contributed by atoms with E-state index in [-0.39, 0.29) is 5.91 Å². The van der Waals surface area contributed by atoms with Crippen molar-refractivity contribution in [3.63, 3.8) is 0 Å². The first-order valence-corrected chi connectivity index (χ1v) is 9.93. The van der Waals surface area contributed by atoms with Gasteiger partial charge in [0.1, 0.15) is 0 Å². The number of hydrogen-bond acceptors (Lipinski definition) is 4. The Kier molecular flexibility index (Phi) is 5.37. The number of amides is 1. The Morgan fingerprint density at radius 1 is 1.14 bits per heavy atom. The first kappa shape index (κ1) is 18.6. The Morgan fingerprint density at radius 2 is 1.89 bits per heavy atom. The number of aromatic nitrogens is 2. The third-order valence-corrected chi connectivity index (χ3v) is 5.28. The van der Waals surface area contributed by atoms with Gasteiger partial charge in [0.25, 0.3) is 0 Å². The SMILES string of the molecule is COc1ccc(/C=C/C(=O)NCCn2nc(C3CC3)cc2C2CC2)cc1OC. The minimum atomic E-state index is -0.114. The van der Waals surface area contributed by atoms with Crippen LogP contribution in [0.4, 0.5) is 0 Å². The van der Waals surface area contributed by atoms with E-state index in [0.717, 1.165) is 5.56 Å². The molecular formula is C22H27N3O3. The molecule has 0 atom stereocenters. The topological polar surface area (TPSA) is 65.4 Å². The van der Waals surface area contributed by atoms with E-state index >= 15 is 0 Å². The monoisotopic (exact) mass is 381 g/mol. The van der Waals surface area contributed by atoms with Crippen LogP contribution in [0.5, 0.6) is 11.5 Å². The molecule has 1 heterocycles. The number of rotatable bonds is 9. The highest BCUT2D eigenvalue weighted by molar-refractivity contribution is 5.91. The normalized spacial score (nSPS) is 16.4. The Hall–Kier alpha value is -2.76. The number of methoxy groups -OCH3 is 2. The lowest BCUT2D eigenvalue weighted by molar-refractivity contribution is -0.116. The summed E-state index contributed by atoms with van der Waals surface area (Å²) in [6.45, 7) is 1.29. The molecule has 1 N–H and O–H groups in total. The van der Waals surface area contributed by atoms with Crippen LogP contribution >= 0.6 is 0 Å². The Bertz CT molecular complexity index is 879. The van der Waals surface area contributed by atoms with Crippen LogP contribution in [0.25, 0.3) is 6.08 Å². The average Bonchev–Trinajstić information content (AvgIpc) is 3.64. The van der Waals surface area contributed by atoms with E-state index in [0.29, 0.717) is 36.4 Å². The predicted octanol–water partition coefficient (Wildman–Crippen LogP) is 3.48. The van der Waals surface area contributed by atoms with Crippen molar-refractivity contribution in [3.05, 3.63) is 47.3 Å². The van der Waals surface area contributed by atoms with E-state index in [9.17, 15) is 4.79 Å². The zero-order valence-corrected chi connectivity index (χ0v) is 16.5. The van der Waals surface area contributed by atoms with Crippen molar-refractivity contribution < 1.29 is 14.3 Å². The zero-order valence-electron chi connectivity index (χ0n) is 16.5. The molecule has 0 aliphatic heterocycles. The van der Waals surface area contributed by atoms with Crippen molar-refractivity contribution in [1.29, 1.82) is 0 Å². The van der Waals surface area contributed by atoms with Crippen molar-refractivity contribution in [2.75, 3.05) is 20.8 Å². The van der Waals surface area contributed by atoms with Crippen LogP contribution in [0.3, 0.4) is 0 Å². The number of carbonyl (C=O) groups excluding carboxylic acids is 1.